The molecule has 98 valence electrons. The van der Waals surface area contributed by atoms with Crippen molar-refractivity contribution in [1.82, 2.24) is 0 Å². The molecule has 0 aliphatic heterocycles. The predicted octanol–water partition coefficient (Wildman–Crippen LogP) is 4.18. The molecular formula is C14H8ClF3O. The Kier molecular flexibility index (Phi) is 3.90. The molecule has 2 aromatic carbocycles. The fourth-order valence-corrected chi connectivity index (χ4v) is 1.90. The molecule has 0 aliphatic rings. The van der Waals surface area contributed by atoms with Gasteiger partial charge in [-0.2, -0.15) is 0 Å². The second-order valence-electron chi connectivity index (χ2n) is 3.91. The molecular weight excluding hydrogens is 277 g/mol. The van der Waals surface area contributed by atoms with Crippen molar-refractivity contribution >= 4 is 17.4 Å². The van der Waals surface area contributed by atoms with Crippen molar-refractivity contribution < 1.29 is 18.0 Å². The van der Waals surface area contributed by atoms with Gasteiger partial charge in [-0.25, -0.2) is 13.2 Å². The van der Waals surface area contributed by atoms with Crippen molar-refractivity contribution in [3.05, 3.63) is 70.0 Å². The molecule has 0 saturated carbocycles. The van der Waals surface area contributed by atoms with Gasteiger partial charge in [0.05, 0.1) is 10.6 Å². The first-order chi connectivity index (χ1) is 9.00. The molecule has 0 heterocycles. The van der Waals surface area contributed by atoms with E-state index in [2.05, 4.69) is 0 Å². The Bertz CT molecular complexity index is 620. The summed E-state index contributed by atoms with van der Waals surface area (Å²) in [4.78, 5) is 11.9. The van der Waals surface area contributed by atoms with Crippen LogP contribution in [0, 0.1) is 17.5 Å². The summed E-state index contributed by atoms with van der Waals surface area (Å²) in [6, 6.07) is 7.09. The Morgan fingerprint density at radius 3 is 2.11 bits per heavy atom. The average Bonchev–Trinajstić information content (AvgIpc) is 2.35. The van der Waals surface area contributed by atoms with Crippen LogP contribution >= 0.6 is 11.6 Å². The molecule has 1 nitrogen and oxygen atoms in total. The summed E-state index contributed by atoms with van der Waals surface area (Å²) in [5.41, 5.74) is -0.447. The molecule has 19 heavy (non-hydrogen) atoms. The van der Waals surface area contributed by atoms with Crippen LogP contribution in [0.4, 0.5) is 13.2 Å². The summed E-state index contributed by atoms with van der Waals surface area (Å²) in [5.74, 6) is -3.36. The number of Topliss-reactive ketones (excluding diaryl/α,β-unsaturated/α-hetero) is 1. The zero-order chi connectivity index (χ0) is 14.0. The standard InChI is InChI=1S/C14H8ClF3O/c15-14-8(3-1-6-11(14)18)7-12(19)13-9(16)4-2-5-10(13)17/h1-6H,7H2. The van der Waals surface area contributed by atoms with Crippen LogP contribution in [0.5, 0.6) is 0 Å². The second-order valence-corrected chi connectivity index (χ2v) is 4.29. The topological polar surface area (TPSA) is 17.1 Å². The van der Waals surface area contributed by atoms with Crippen LogP contribution in [-0.2, 0) is 6.42 Å². The van der Waals surface area contributed by atoms with Crippen molar-refractivity contribution in [2.45, 2.75) is 6.42 Å². The molecule has 0 unspecified atom stereocenters. The van der Waals surface area contributed by atoms with E-state index >= 15 is 0 Å². The lowest BCUT2D eigenvalue weighted by molar-refractivity contribution is 0.0985. The minimum Gasteiger partial charge on any atom is -0.294 e. The van der Waals surface area contributed by atoms with Gasteiger partial charge in [-0.3, -0.25) is 4.79 Å². The number of benzene rings is 2. The van der Waals surface area contributed by atoms with Crippen molar-refractivity contribution in [1.29, 1.82) is 0 Å². The van der Waals surface area contributed by atoms with Crippen molar-refractivity contribution in [3.63, 3.8) is 0 Å². The van der Waals surface area contributed by atoms with Gasteiger partial charge >= 0.3 is 0 Å². The van der Waals surface area contributed by atoms with E-state index < -0.39 is 28.8 Å². The van der Waals surface area contributed by atoms with Gasteiger partial charge in [0, 0.05) is 6.42 Å². The Morgan fingerprint density at radius 1 is 0.947 bits per heavy atom. The number of carbonyl (C=O) groups is 1. The first kappa shape index (κ1) is 13.6. The summed E-state index contributed by atoms with van der Waals surface area (Å²) in [6.07, 6.45) is -0.367. The van der Waals surface area contributed by atoms with Crippen LogP contribution in [0.3, 0.4) is 0 Å². The summed E-state index contributed by atoms with van der Waals surface area (Å²) >= 11 is 5.69. The maximum absolute atomic E-state index is 13.4. The Hall–Kier alpha value is -1.81. The van der Waals surface area contributed by atoms with E-state index in [9.17, 15) is 18.0 Å². The fraction of sp³-hybridized carbons (Fsp3) is 0.0714. The summed E-state index contributed by atoms with van der Waals surface area (Å²) in [5, 5.41) is -0.215. The fourth-order valence-electron chi connectivity index (χ4n) is 1.71. The SMILES string of the molecule is O=C(Cc1cccc(F)c1Cl)c1c(F)cccc1F. The predicted molar refractivity (Wildman–Crippen MR) is 65.8 cm³/mol. The molecule has 0 atom stereocenters. The van der Waals surface area contributed by atoms with Gasteiger partial charge in [0.2, 0.25) is 0 Å². The number of halogens is 4. The lowest BCUT2D eigenvalue weighted by Crippen LogP contribution is -2.09. The summed E-state index contributed by atoms with van der Waals surface area (Å²) < 4.78 is 40.0. The zero-order valence-electron chi connectivity index (χ0n) is 9.59. The minimum absolute atomic E-state index is 0.189. The molecule has 0 aliphatic carbocycles. The van der Waals surface area contributed by atoms with Crippen LogP contribution in [0.1, 0.15) is 15.9 Å². The second kappa shape index (κ2) is 5.45. The molecule has 0 N–H and O–H groups in total. The van der Waals surface area contributed by atoms with E-state index in [0.29, 0.717) is 0 Å². The van der Waals surface area contributed by atoms with Crippen molar-refractivity contribution in [3.8, 4) is 0 Å². The lowest BCUT2D eigenvalue weighted by Gasteiger charge is -2.06. The Labute approximate surface area is 112 Å². The number of carbonyl (C=O) groups excluding carboxylic acids is 1. The van der Waals surface area contributed by atoms with E-state index in [1.54, 1.807) is 0 Å². The first-order valence-electron chi connectivity index (χ1n) is 5.41. The number of rotatable bonds is 3. The Balaban J connectivity index is 2.34. The van der Waals surface area contributed by atoms with Gasteiger partial charge in [0.1, 0.15) is 17.5 Å². The molecule has 0 saturated heterocycles. The van der Waals surface area contributed by atoms with Gasteiger partial charge in [-0.15, -0.1) is 0 Å². The smallest absolute Gasteiger partial charge is 0.173 e. The van der Waals surface area contributed by atoms with Crippen molar-refractivity contribution in [2.75, 3.05) is 0 Å². The molecule has 5 heteroatoms. The van der Waals surface area contributed by atoms with E-state index in [0.717, 1.165) is 24.3 Å². The molecule has 0 bridgehead atoms. The quantitative estimate of drug-likeness (QED) is 0.773. The maximum Gasteiger partial charge on any atom is 0.173 e. The van der Waals surface area contributed by atoms with Crippen LogP contribution < -0.4 is 0 Å². The van der Waals surface area contributed by atoms with Gasteiger partial charge in [0.25, 0.3) is 0 Å². The third-order valence-corrected chi connectivity index (χ3v) is 3.05. The van der Waals surface area contributed by atoms with E-state index in [-0.39, 0.29) is 17.0 Å². The van der Waals surface area contributed by atoms with E-state index in [1.165, 1.54) is 12.1 Å². The average molecular weight is 285 g/mol. The molecule has 0 fully saturated rings. The molecule has 0 spiro atoms. The van der Waals surface area contributed by atoms with Crippen LogP contribution in [-0.4, -0.2) is 5.78 Å². The van der Waals surface area contributed by atoms with Crippen LogP contribution in [0.25, 0.3) is 0 Å². The molecule has 2 rings (SSSR count). The third kappa shape index (κ3) is 2.79. The Morgan fingerprint density at radius 2 is 1.47 bits per heavy atom. The highest BCUT2D eigenvalue weighted by molar-refractivity contribution is 6.31. The number of ketones is 1. The molecule has 0 aromatic heterocycles. The van der Waals surface area contributed by atoms with E-state index in [4.69, 9.17) is 11.6 Å². The normalized spacial score (nSPS) is 10.5. The third-order valence-electron chi connectivity index (χ3n) is 2.62. The van der Waals surface area contributed by atoms with Crippen molar-refractivity contribution in [2.24, 2.45) is 0 Å². The lowest BCUT2D eigenvalue weighted by atomic mass is 10.0. The van der Waals surface area contributed by atoms with Crippen LogP contribution in [0.15, 0.2) is 36.4 Å². The molecule has 0 amide bonds. The van der Waals surface area contributed by atoms with Gasteiger partial charge < -0.3 is 0 Å². The highest BCUT2D eigenvalue weighted by atomic mass is 35.5. The first-order valence-corrected chi connectivity index (χ1v) is 5.78. The molecule has 0 radical (unpaired) electrons. The summed E-state index contributed by atoms with van der Waals surface area (Å²) in [6.45, 7) is 0. The highest BCUT2D eigenvalue weighted by Gasteiger charge is 2.19. The largest absolute Gasteiger partial charge is 0.294 e. The van der Waals surface area contributed by atoms with Gasteiger partial charge in [-0.1, -0.05) is 29.8 Å². The monoisotopic (exact) mass is 284 g/mol. The number of hydrogen-bond donors (Lipinski definition) is 0. The van der Waals surface area contributed by atoms with Gasteiger partial charge in [-0.05, 0) is 23.8 Å². The number of hydrogen-bond acceptors (Lipinski definition) is 1. The van der Waals surface area contributed by atoms with Gasteiger partial charge in [0.15, 0.2) is 5.78 Å². The summed E-state index contributed by atoms with van der Waals surface area (Å²) in [7, 11) is 0. The zero-order valence-corrected chi connectivity index (χ0v) is 10.3. The highest BCUT2D eigenvalue weighted by Crippen LogP contribution is 2.22. The maximum atomic E-state index is 13.4. The minimum atomic E-state index is -0.947. The molecule has 2 aromatic rings. The van der Waals surface area contributed by atoms with E-state index in [1.807, 2.05) is 0 Å². The van der Waals surface area contributed by atoms with Crippen LogP contribution in [0.2, 0.25) is 5.02 Å².